The molecule has 2 rings (SSSR count). The third kappa shape index (κ3) is 7.35. The number of likely N-dealkylation sites (tertiary alicyclic amines) is 1. The summed E-state index contributed by atoms with van der Waals surface area (Å²) < 4.78 is 0. The van der Waals surface area contributed by atoms with Crippen LogP contribution in [-0.4, -0.2) is 42.5 Å². The van der Waals surface area contributed by atoms with E-state index in [0.29, 0.717) is 12.5 Å². The highest BCUT2D eigenvalue weighted by atomic mass is 35.5. The molecule has 2 aliphatic rings. The second kappa shape index (κ2) is 9.01. The molecule has 1 aliphatic heterocycles. The molecule has 0 aromatic rings. The molecule has 0 bridgehead atoms. The van der Waals surface area contributed by atoms with Gasteiger partial charge in [0, 0.05) is 38.1 Å². The van der Waals surface area contributed by atoms with Gasteiger partial charge >= 0.3 is 0 Å². The van der Waals surface area contributed by atoms with E-state index < -0.39 is 0 Å². The molecule has 0 radical (unpaired) electrons. The molecular weight excluding hydrogens is 285 g/mol. The fraction of sp³-hybridized carbons (Fsp3) is 0.923. The Morgan fingerprint density at radius 1 is 1.26 bits per heavy atom. The number of rotatable bonds is 5. The quantitative estimate of drug-likeness (QED) is 0.810. The number of nitrogens with zero attached hydrogens (tertiary/aromatic N) is 1. The van der Waals surface area contributed by atoms with E-state index in [1.165, 1.54) is 19.4 Å². The van der Waals surface area contributed by atoms with Gasteiger partial charge in [-0.25, -0.2) is 0 Å². The Bertz CT molecular complexity index is 265. The van der Waals surface area contributed by atoms with Crippen molar-refractivity contribution in [1.82, 2.24) is 10.2 Å². The average molecular weight is 312 g/mol. The molecule has 19 heavy (non-hydrogen) atoms. The van der Waals surface area contributed by atoms with Gasteiger partial charge in [0.1, 0.15) is 0 Å². The first-order chi connectivity index (χ1) is 8.13. The van der Waals surface area contributed by atoms with Crippen LogP contribution in [0.4, 0.5) is 0 Å². The van der Waals surface area contributed by atoms with E-state index in [1.54, 1.807) is 0 Å². The number of hydrogen-bond acceptors (Lipinski definition) is 3. The number of amides is 1. The Hall–Kier alpha value is -0.0300. The lowest BCUT2D eigenvalue weighted by Crippen LogP contribution is -2.45. The number of halogens is 2. The van der Waals surface area contributed by atoms with Gasteiger partial charge < -0.3 is 16.0 Å². The Kier molecular flexibility index (Phi) is 8.99. The predicted octanol–water partition coefficient (Wildman–Crippen LogP) is 1.56. The molecule has 2 fully saturated rings. The standard InChI is InChI=1S/C13H25N3O.2ClH/c1-10(14)8-13(17)15-12-4-6-16(7-5-12)9-11-2-3-11;;/h10-12H,2-9,14H2,1H3,(H,15,17);2*1H. The lowest BCUT2D eigenvalue weighted by molar-refractivity contribution is -0.122. The zero-order valence-corrected chi connectivity index (χ0v) is 13.3. The summed E-state index contributed by atoms with van der Waals surface area (Å²) in [7, 11) is 0. The number of nitrogens with one attached hydrogen (secondary N) is 1. The first kappa shape index (κ1) is 19.0. The topological polar surface area (TPSA) is 58.4 Å². The van der Waals surface area contributed by atoms with Gasteiger partial charge in [-0.15, -0.1) is 24.8 Å². The number of carbonyl (C=O) groups is 1. The normalized spacial score (nSPS) is 22.0. The van der Waals surface area contributed by atoms with Gasteiger partial charge in [-0.05, 0) is 38.5 Å². The van der Waals surface area contributed by atoms with Crippen LogP contribution in [0.3, 0.4) is 0 Å². The highest BCUT2D eigenvalue weighted by Gasteiger charge is 2.27. The molecule has 0 aromatic heterocycles. The Labute approximate surface area is 128 Å². The van der Waals surface area contributed by atoms with Crippen LogP contribution in [0, 0.1) is 5.92 Å². The van der Waals surface area contributed by atoms with Crippen LogP contribution in [0.15, 0.2) is 0 Å². The maximum Gasteiger partial charge on any atom is 0.221 e. The van der Waals surface area contributed by atoms with Crippen molar-refractivity contribution in [3.05, 3.63) is 0 Å². The maximum absolute atomic E-state index is 11.6. The predicted molar refractivity (Wildman–Crippen MR) is 83.1 cm³/mol. The number of piperidine rings is 1. The highest BCUT2D eigenvalue weighted by molar-refractivity contribution is 5.85. The second-order valence-corrected chi connectivity index (χ2v) is 5.77. The van der Waals surface area contributed by atoms with E-state index in [0.717, 1.165) is 31.8 Å². The van der Waals surface area contributed by atoms with Crippen molar-refractivity contribution in [3.63, 3.8) is 0 Å². The largest absolute Gasteiger partial charge is 0.353 e. The molecule has 1 aliphatic carbocycles. The molecule has 6 heteroatoms. The molecule has 4 nitrogen and oxygen atoms in total. The molecular formula is C13H27Cl2N3O. The van der Waals surface area contributed by atoms with E-state index in [9.17, 15) is 4.79 Å². The SMILES string of the molecule is CC(N)CC(=O)NC1CCN(CC2CC2)CC1.Cl.Cl. The van der Waals surface area contributed by atoms with Crippen LogP contribution in [0.1, 0.15) is 39.0 Å². The summed E-state index contributed by atoms with van der Waals surface area (Å²) in [5.41, 5.74) is 5.61. The number of hydrogen-bond donors (Lipinski definition) is 2. The van der Waals surface area contributed by atoms with Gasteiger partial charge in [-0.1, -0.05) is 0 Å². The van der Waals surface area contributed by atoms with Gasteiger partial charge in [0.2, 0.25) is 5.91 Å². The summed E-state index contributed by atoms with van der Waals surface area (Å²) in [5, 5.41) is 3.09. The average Bonchev–Trinajstić information content (AvgIpc) is 3.03. The highest BCUT2D eigenvalue weighted by Crippen LogP contribution is 2.30. The Morgan fingerprint density at radius 3 is 2.32 bits per heavy atom. The summed E-state index contributed by atoms with van der Waals surface area (Å²) in [6, 6.07) is 0.335. The van der Waals surface area contributed by atoms with Gasteiger partial charge in [0.25, 0.3) is 0 Å². The van der Waals surface area contributed by atoms with E-state index >= 15 is 0 Å². The molecule has 1 saturated carbocycles. The fourth-order valence-corrected chi connectivity index (χ4v) is 2.50. The fourth-order valence-electron chi connectivity index (χ4n) is 2.50. The third-order valence-corrected chi connectivity index (χ3v) is 3.67. The van der Waals surface area contributed by atoms with Crippen molar-refractivity contribution < 1.29 is 4.79 Å². The van der Waals surface area contributed by atoms with Gasteiger partial charge in [0.15, 0.2) is 0 Å². The van der Waals surface area contributed by atoms with Gasteiger partial charge in [0.05, 0.1) is 0 Å². The van der Waals surface area contributed by atoms with Crippen LogP contribution in [-0.2, 0) is 4.79 Å². The van der Waals surface area contributed by atoms with E-state index in [4.69, 9.17) is 5.73 Å². The van der Waals surface area contributed by atoms with Crippen LogP contribution >= 0.6 is 24.8 Å². The molecule has 1 heterocycles. The minimum Gasteiger partial charge on any atom is -0.353 e. The maximum atomic E-state index is 11.6. The van der Waals surface area contributed by atoms with Crippen LogP contribution in [0.25, 0.3) is 0 Å². The number of nitrogens with two attached hydrogens (primary N) is 1. The molecule has 0 aromatic carbocycles. The van der Waals surface area contributed by atoms with E-state index in [-0.39, 0.29) is 36.8 Å². The summed E-state index contributed by atoms with van der Waals surface area (Å²) >= 11 is 0. The molecule has 114 valence electrons. The molecule has 1 atom stereocenters. The zero-order chi connectivity index (χ0) is 12.3. The van der Waals surface area contributed by atoms with Crippen molar-refractivity contribution in [1.29, 1.82) is 0 Å². The molecule has 3 N–H and O–H groups in total. The first-order valence-electron chi connectivity index (χ1n) is 6.91. The lowest BCUT2D eigenvalue weighted by atomic mass is 10.0. The molecule has 1 saturated heterocycles. The summed E-state index contributed by atoms with van der Waals surface area (Å²) in [6.45, 7) is 5.43. The van der Waals surface area contributed by atoms with E-state index in [2.05, 4.69) is 10.2 Å². The minimum absolute atomic E-state index is 0. The first-order valence-corrected chi connectivity index (χ1v) is 6.91. The van der Waals surface area contributed by atoms with Gasteiger partial charge in [-0.3, -0.25) is 4.79 Å². The van der Waals surface area contributed by atoms with Gasteiger partial charge in [-0.2, -0.15) is 0 Å². The molecule has 0 spiro atoms. The van der Waals surface area contributed by atoms with Crippen molar-refractivity contribution in [2.45, 2.75) is 51.1 Å². The third-order valence-electron chi connectivity index (χ3n) is 3.67. The Morgan fingerprint density at radius 2 is 1.84 bits per heavy atom. The van der Waals surface area contributed by atoms with E-state index in [1.807, 2.05) is 6.92 Å². The summed E-state index contributed by atoms with van der Waals surface area (Å²) in [6.07, 6.45) is 5.48. The minimum atomic E-state index is -0.0371. The lowest BCUT2D eigenvalue weighted by Gasteiger charge is -2.32. The van der Waals surface area contributed by atoms with Crippen LogP contribution < -0.4 is 11.1 Å². The summed E-state index contributed by atoms with van der Waals surface area (Å²) in [5.74, 6) is 1.08. The van der Waals surface area contributed by atoms with Crippen molar-refractivity contribution in [3.8, 4) is 0 Å². The summed E-state index contributed by atoms with van der Waals surface area (Å²) in [4.78, 5) is 14.1. The van der Waals surface area contributed by atoms with Crippen molar-refractivity contribution in [2.24, 2.45) is 11.7 Å². The number of carbonyl (C=O) groups excluding carboxylic acids is 1. The molecule has 1 amide bonds. The van der Waals surface area contributed by atoms with Crippen LogP contribution in [0.2, 0.25) is 0 Å². The second-order valence-electron chi connectivity index (χ2n) is 5.77. The monoisotopic (exact) mass is 311 g/mol. The zero-order valence-electron chi connectivity index (χ0n) is 11.6. The van der Waals surface area contributed by atoms with Crippen LogP contribution in [0.5, 0.6) is 0 Å². The van der Waals surface area contributed by atoms with Crippen molar-refractivity contribution in [2.75, 3.05) is 19.6 Å². The molecule has 1 unspecified atom stereocenters. The van der Waals surface area contributed by atoms with Crippen molar-refractivity contribution >= 4 is 30.7 Å². The smallest absolute Gasteiger partial charge is 0.221 e. The Balaban J connectivity index is 0.00000162.